The Morgan fingerprint density at radius 3 is 2.73 bits per heavy atom. The first kappa shape index (κ1) is 9.92. The van der Waals surface area contributed by atoms with Gasteiger partial charge >= 0.3 is 0 Å². The van der Waals surface area contributed by atoms with E-state index in [-0.39, 0.29) is 0 Å². The van der Waals surface area contributed by atoms with Crippen molar-refractivity contribution in [2.24, 2.45) is 0 Å². The first-order valence-corrected chi connectivity index (χ1v) is 5.39. The molecule has 2 heterocycles. The molecule has 0 aliphatic carbocycles. The standard InChI is InChI=1S/C10H12N4S/c1-6-5-12-10(15-6)14-9-4-3-8(11)7(2)13-9/h3-5H,11H2,1-2H3,(H,12,13,14). The highest BCUT2D eigenvalue weighted by Crippen LogP contribution is 2.21. The monoisotopic (exact) mass is 220 g/mol. The molecule has 0 atom stereocenters. The molecule has 2 rings (SSSR count). The summed E-state index contributed by atoms with van der Waals surface area (Å²) >= 11 is 1.60. The van der Waals surface area contributed by atoms with Crippen LogP contribution in [0.1, 0.15) is 10.6 Å². The van der Waals surface area contributed by atoms with Gasteiger partial charge in [-0.1, -0.05) is 0 Å². The van der Waals surface area contributed by atoms with Gasteiger partial charge in [-0.15, -0.1) is 11.3 Å². The van der Waals surface area contributed by atoms with E-state index in [1.807, 2.05) is 32.2 Å². The summed E-state index contributed by atoms with van der Waals surface area (Å²) in [5.41, 5.74) is 7.21. The van der Waals surface area contributed by atoms with E-state index in [1.165, 1.54) is 4.88 Å². The minimum absolute atomic E-state index is 0.705. The lowest BCUT2D eigenvalue weighted by molar-refractivity contribution is 1.20. The lowest BCUT2D eigenvalue weighted by atomic mass is 10.3. The highest BCUT2D eigenvalue weighted by Gasteiger charge is 2.01. The van der Waals surface area contributed by atoms with Gasteiger partial charge in [0.05, 0.1) is 11.4 Å². The molecular weight excluding hydrogens is 208 g/mol. The molecule has 0 radical (unpaired) electrons. The molecule has 2 aromatic heterocycles. The molecule has 0 aliphatic heterocycles. The van der Waals surface area contributed by atoms with Crippen LogP contribution in [0, 0.1) is 13.8 Å². The molecule has 0 amide bonds. The van der Waals surface area contributed by atoms with Crippen LogP contribution in [0.25, 0.3) is 0 Å². The van der Waals surface area contributed by atoms with Crippen molar-refractivity contribution in [1.82, 2.24) is 9.97 Å². The highest BCUT2D eigenvalue weighted by atomic mass is 32.1. The third-order valence-electron chi connectivity index (χ3n) is 1.98. The minimum atomic E-state index is 0.705. The van der Waals surface area contributed by atoms with Crippen molar-refractivity contribution in [2.45, 2.75) is 13.8 Å². The molecule has 0 bridgehead atoms. The summed E-state index contributed by atoms with van der Waals surface area (Å²) in [6.07, 6.45) is 1.83. The van der Waals surface area contributed by atoms with Gasteiger partial charge in [0.15, 0.2) is 5.13 Å². The van der Waals surface area contributed by atoms with Crippen LogP contribution in [-0.4, -0.2) is 9.97 Å². The summed E-state index contributed by atoms with van der Waals surface area (Å²) in [5, 5.41) is 3.98. The van der Waals surface area contributed by atoms with Gasteiger partial charge in [-0.05, 0) is 26.0 Å². The van der Waals surface area contributed by atoms with Gasteiger partial charge in [0.25, 0.3) is 0 Å². The van der Waals surface area contributed by atoms with E-state index in [4.69, 9.17) is 5.73 Å². The van der Waals surface area contributed by atoms with Crippen LogP contribution in [0.3, 0.4) is 0 Å². The Morgan fingerprint density at radius 1 is 1.33 bits per heavy atom. The Morgan fingerprint density at radius 2 is 2.13 bits per heavy atom. The van der Waals surface area contributed by atoms with Gasteiger partial charge in [-0.3, -0.25) is 0 Å². The van der Waals surface area contributed by atoms with Crippen LogP contribution >= 0.6 is 11.3 Å². The molecule has 4 nitrogen and oxygen atoms in total. The number of nitrogens with two attached hydrogens (primary N) is 1. The molecule has 0 spiro atoms. The van der Waals surface area contributed by atoms with Gasteiger partial charge in [0.1, 0.15) is 5.82 Å². The van der Waals surface area contributed by atoms with Crippen LogP contribution in [0.15, 0.2) is 18.3 Å². The average molecular weight is 220 g/mol. The van der Waals surface area contributed by atoms with E-state index in [9.17, 15) is 0 Å². The second kappa shape index (κ2) is 3.86. The largest absolute Gasteiger partial charge is 0.397 e. The van der Waals surface area contributed by atoms with Crippen LogP contribution in [0.4, 0.5) is 16.6 Å². The highest BCUT2D eigenvalue weighted by molar-refractivity contribution is 7.15. The van der Waals surface area contributed by atoms with Crippen LogP contribution < -0.4 is 11.1 Å². The second-order valence-corrected chi connectivity index (χ2v) is 4.51. The van der Waals surface area contributed by atoms with Crippen LogP contribution in [0.2, 0.25) is 0 Å². The van der Waals surface area contributed by atoms with E-state index in [0.717, 1.165) is 16.6 Å². The van der Waals surface area contributed by atoms with E-state index in [0.29, 0.717) is 5.69 Å². The summed E-state index contributed by atoms with van der Waals surface area (Å²) in [7, 11) is 0. The molecule has 0 unspecified atom stereocenters. The van der Waals surface area contributed by atoms with E-state index in [1.54, 1.807) is 11.3 Å². The van der Waals surface area contributed by atoms with Crippen molar-refractivity contribution < 1.29 is 0 Å². The smallest absolute Gasteiger partial charge is 0.188 e. The fraction of sp³-hybridized carbons (Fsp3) is 0.200. The minimum Gasteiger partial charge on any atom is -0.397 e. The molecule has 0 aliphatic rings. The zero-order valence-electron chi connectivity index (χ0n) is 8.61. The molecule has 78 valence electrons. The molecule has 3 N–H and O–H groups in total. The molecule has 2 aromatic rings. The maximum atomic E-state index is 5.68. The zero-order valence-corrected chi connectivity index (χ0v) is 9.43. The molecule has 0 fully saturated rings. The number of aryl methyl sites for hydroxylation is 2. The summed E-state index contributed by atoms with van der Waals surface area (Å²) in [6, 6.07) is 3.68. The number of nitrogens with zero attached hydrogens (tertiary/aromatic N) is 2. The van der Waals surface area contributed by atoms with Gasteiger partial charge in [0, 0.05) is 11.1 Å². The normalized spacial score (nSPS) is 10.3. The van der Waals surface area contributed by atoms with Gasteiger partial charge in [0.2, 0.25) is 0 Å². The van der Waals surface area contributed by atoms with Crippen molar-refractivity contribution in [3.8, 4) is 0 Å². The lowest BCUT2D eigenvalue weighted by Gasteiger charge is -2.04. The first-order chi connectivity index (χ1) is 7.15. The van der Waals surface area contributed by atoms with Crippen molar-refractivity contribution in [3.63, 3.8) is 0 Å². The van der Waals surface area contributed by atoms with E-state index >= 15 is 0 Å². The summed E-state index contributed by atoms with van der Waals surface area (Å²) in [4.78, 5) is 9.68. The molecule has 15 heavy (non-hydrogen) atoms. The predicted octanol–water partition coefficient (Wildman–Crippen LogP) is 2.48. The SMILES string of the molecule is Cc1cnc(Nc2ccc(N)c(C)n2)s1. The number of nitrogen functional groups attached to an aromatic ring is 1. The Labute approximate surface area is 92.2 Å². The topological polar surface area (TPSA) is 63.8 Å². The van der Waals surface area contributed by atoms with Crippen molar-refractivity contribution in [2.75, 3.05) is 11.1 Å². The number of anilines is 3. The van der Waals surface area contributed by atoms with Gasteiger partial charge < -0.3 is 11.1 Å². The quantitative estimate of drug-likeness (QED) is 0.816. The Balaban J connectivity index is 2.21. The number of thiazole rings is 1. The molecule has 0 aromatic carbocycles. The first-order valence-electron chi connectivity index (χ1n) is 4.58. The number of pyridine rings is 1. The Hall–Kier alpha value is -1.62. The summed E-state index contributed by atoms with van der Waals surface area (Å²) < 4.78 is 0. The zero-order chi connectivity index (χ0) is 10.8. The van der Waals surface area contributed by atoms with E-state index < -0.39 is 0 Å². The van der Waals surface area contributed by atoms with Crippen molar-refractivity contribution in [3.05, 3.63) is 28.9 Å². The maximum absolute atomic E-state index is 5.68. The second-order valence-electron chi connectivity index (χ2n) is 3.27. The number of hydrogen-bond acceptors (Lipinski definition) is 5. The van der Waals surface area contributed by atoms with Gasteiger partial charge in [-0.25, -0.2) is 9.97 Å². The fourth-order valence-corrected chi connectivity index (χ4v) is 1.83. The molecule has 0 saturated heterocycles. The number of hydrogen-bond donors (Lipinski definition) is 2. The van der Waals surface area contributed by atoms with Crippen LogP contribution in [-0.2, 0) is 0 Å². The summed E-state index contributed by atoms with van der Waals surface area (Å²) in [6.45, 7) is 3.90. The van der Waals surface area contributed by atoms with Crippen molar-refractivity contribution >= 4 is 28.0 Å². The third-order valence-corrected chi connectivity index (χ3v) is 2.81. The number of aromatic nitrogens is 2. The maximum Gasteiger partial charge on any atom is 0.188 e. The molecule has 0 saturated carbocycles. The Bertz CT molecular complexity index is 478. The average Bonchev–Trinajstić information content (AvgIpc) is 2.58. The number of rotatable bonds is 2. The fourth-order valence-electron chi connectivity index (χ4n) is 1.16. The summed E-state index contributed by atoms with van der Waals surface area (Å²) in [5.74, 6) is 0.774. The van der Waals surface area contributed by atoms with Gasteiger partial charge in [-0.2, -0.15) is 0 Å². The molecular formula is C10H12N4S. The lowest BCUT2D eigenvalue weighted by Crippen LogP contribution is -1.97. The van der Waals surface area contributed by atoms with E-state index in [2.05, 4.69) is 15.3 Å². The molecule has 5 heteroatoms. The Kier molecular flexibility index (Phi) is 2.55. The predicted molar refractivity (Wildman–Crippen MR) is 63.5 cm³/mol. The number of nitrogens with one attached hydrogen (secondary N) is 1. The third kappa shape index (κ3) is 2.24. The van der Waals surface area contributed by atoms with Crippen LogP contribution in [0.5, 0.6) is 0 Å². The van der Waals surface area contributed by atoms with Crippen molar-refractivity contribution in [1.29, 1.82) is 0 Å².